The number of aryl methyl sites for hydroxylation is 1. The van der Waals surface area contributed by atoms with Crippen LogP contribution in [0.15, 0.2) is 23.1 Å². The molecule has 1 aromatic carbocycles. The molecule has 2 fully saturated rings. The van der Waals surface area contributed by atoms with Gasteiger partial charge in [0.2, 0.25) is 10.0 Å². The van der Waals surface area contributed by atoms with Crippen molar-refractivity contribution in [1.82, 2.24) is 18.8 Å². The fourth-order valence-corrected chi connectivity index (χ4v) is 5.71. The number of nitrogens with zero attached hydrogens (tertiary/aromatic N) is 4. The van der Waals surface area contributed by atoms with Gasteiger partial charge in [0.1, 0.15) is 5.82 Å². The second kappa shape index (κ2) is 8.97. The molecule has 0 N–H and O–H groups in total. The highest BCUT2D eigenvalue weighted by atomic mass is 32.2. The highest BCUT2D eigenvalue weighted by Gasteiger charge is 2.32. The Hall–Kier alpha value is -1.44. The van der Waals surface area contributed by atoms with Gasteiger partial charge in [-0.15, -0.1) is 0 Å². The van der Waals surface area contributed by atoms with Crippen molar-refractivity contribution in [2.75, 3.05) is 20.6 Å². The maximum atomic E-state index is 12.6. The molecular formula is C23H36N4O2S. The van der Waals surface area contributed by atoms with Crippen molar-refractivity contribution in [3.05, 3.63) is 24.0 Å². The van der Waals surface area contributed by atoms with Crippen LogP contribution in [0.25, 0.3) is 11.0 Å². The maximum Gasteiger partial charge on any atom is 0.242 e. The van der Waals surface area contributed by atoms with E-state index in [2.05, 4.69) is 16.4 Å². The first-order chi connectivity index (χ1) is 14.4. The molecule has 0 bridgehead atoms. The van der Waals surface area contributed by atoms with Crippen LogP contribution in [0.3, 0.4) is 0 Å². The lowest BCUT2D eigenvalue weighted by Crippen LogP contribution is -2.33. The summed E-state index contributed by atoms with van der Waals surface area (Å²) in [4.78, 5) is 7.91. The van der Waals surface area contributed by atoms with Crippen molar-refractivity contribution in [3.8, 4) is 0 Å². The van der Waals surface area contributed by atoms with Crippen LogP contribution in [0.5, 0.6) is 0 Å². The van der Waals surface area contributed by atoms with Crippen molar-refractivity contribution < 1.29 is 8.42 Å². The number of sulfonamides is 1. The molecule has 30 heavy (non-hydrogen) atoms. The van der Waals surface area contributed by atoms with Crippen molar-refractivity contribution >= 4 is 21.1 Å². The average Bonchev–Trinajstić information content (AvgIpc) is 3.52. The quantitative estimate of drug-likeness (QED) is 0.595. The van der Waals surface area contributed by atoms with Gasteiger partial charge >= 0.3 is 0 Å². The molecule has 2 saturated carbocycles. The Labute approximate surface area is 181 Å². The van der Waals surface area contributed by atoms with Crippen LogP contribution in [-0.2, 0) is 23.1 Å². The summed E-state index contributed by atoms with van der Waals surface area (Å²) in [6.07, 6.45) is 10.5. The molecule has 0 unspecified atom stereocenters. The lowest BCUT2D eigenvalue weighted by molar-refractivity contribution is 0.180. The van der Waals surface area contributed by atoms with E-state index in [4.69, 9.17) is 4.98 Å². The maximum absolute atomic E-state index is 12.6. The molecule has 1 heterocycles. The van der Waals surface area contributed by atoms with E-state index >= 15 is 0 Å². The van der Waals surface area contributed by atoms with Gasteiger partial charge in [-0.3, -0.25) is 4.90 Å². The Kier molecular flexibility index (Phi) is 6.51. The number of hydrogen-bond acceptors (Lipinski definition) is 4. The summed E-state index contributed by atoms with van der Waals surface area (Å²) < 4.78 is 28.7. The Morgan fingerprint density at radius 3 is 2.47 bits per heavy atom. The molecule has 2 aromatic rings. The van der Waals surface area contributed by atoms with Gasteiger partial charge in [-0.25, -0.2) is 17.7 Å². The Morgan fingerprint density at radius 1 is 1.10 bits per heavy atom. The zero-order valence-corrected chi connectivity index (χ0v) is 19.5. The number of imidazole rings is 1. The van der Waals surface area contributed by atoms with E-state index in [0.717, 1.165) is 42.3 Å². The highest BCUT2D eigenvalue weighted by Crippen LogP contribution is 2.33. The van der Waals surface area contributed by atoms with E-state index < -0.39 is 10.0 Å². The van der Waals surface area contributed by atoms with Crippen LogP contribution in [0.1, 0.15) is 64.1 Å². The van der Waals surface area contributed by atoms with E-state index in [1.54, 1.807) is 26.2 Å². The minimum Gasteiger partial charge on any atom is -0.327 e. The number of benzene rings is 1. The van der Waals surface area contributed by atoms with Gasteiger partial charge in [0.15, 0.2) is 0 Å². The molecule has 2 aliphatic rings. The zero-order chi connectivity index (χ0) is 21.3. The van der Waals surface area contributed by atoms with Gasteiger partial charge in [0.25, 0.3) is 0 Å². The van der Waals surface area contributed by atoms with E-state index in [9.17, 15) is 8.42 Å². The standard InChI is InChI=1S/C23H36N4O2S/c1-4-14-27-22-13-12-20(30(28,29)25(2)3)15-21(22)24-23(27)17-26(19-10-11-19)16-18-8-6-5-7-9-18/h12-13,15,18-19H,4-11,14,16-17H2,1-3H3. The molecule has 2 aliphatic carbocycles. The number of aromatic nitrogens is 2. The van der Waals surface area contributed by atoms with Gasteiger partial charge in [0, 0.05) is 33.2 Å². The molecule has 1 aromatic heterocycles. The molecule has 4 rings (SSSR count). The first-order valence-electron chi connectivity index (χ1n) is 11.6. The van der Waals surface area contributed by atoms with Crippen LogP contribution in [-0.4, -0.2) is 53.9 Å². The summed E-state index contributed by atoms with van der Waals surface area (Å²) in [5.41, 5.74) is 1.83. The van der Waals surface area contributed by atoms with Crippen LogP contribution < -0.4 is 0 Å². The zero-order valence-electron chi connectivity index (χ0n) is 18.7. The number of hydrogen-bond donors (Lipinski definition) is 0. The van der Waals surface area contributed by atoms with Gasteiger partial charge < -0.3 is 4.57 Å². The summed E-state index contributed by atoms with van der Waals surface area (Å²) in [6.45, 7) is 5.14. The third kappa shape index (κ3) is 4.58. The smallest absolute Gasteiger partial charge is 0.242 e. The minimum absolute atomic E-state index is 0.314. The summed E-state index contributed by atoms with van der Waals surface area (Å²) in [6, 6.07) is 6.09. The molecule has 0 spiro atoms. The van der Waals surface area contributed by atoms with Crippen LogP contribution in [0, 0.1) is 5.92 Å². The molecule has 0 saturated heterocycles. The summed E-state index contributed by atoms with van der Waals surface area (Å²) >= 11 is 0. The molecule has 7 heteroatoms. The largest absolute Gasteiger partial charge is 0.327 e. The van der Waals surface area contributed by atoms with Gasteiger partial charge in [0.05, 0.1) is 22.5 Å². The minimum atomic E-state index is -3.46. The second-order valence-corrected chi connectivity index (χ2v) is 11.4. The van der Waals surface area contributed by atoms with Gasteiger partial charge in [-0.1, -0.05) is 26.2 Å². The lowest BCUT2D eigenvalue weighted by atomic mass is 9.89. The van der Waals surface area contributed by atoms with Crippen molar-refractivity contribution in [3.63, 3.8) is 0 Å². The summed E-state index contributed by atoms with van der Waals surface area (Å²) in [7, 11) is -0.319. The average molecular weight is 433 g/mol. The summed E-state index contributed by atoms with van der Waals surface area (Å²) in [5.74, 6) is 1.90. The third-order valence-electron chi connectivity index (χ3n) is 6.65. The molecule has 0 amide bonds. The van der Waals surface area contributed by atoms with Crippen LogP contribution >= 0.6 is 0 Å². The van der Waals surface area contributed by atoms with Gasteiger partial charge in [-0.05, 0) is 56.2 Å². The molecule has 0 aliphatic heterocycles. The van der Waals surface area contributed by atoms with E-state index in [0.29, 0.717) is 10.9 Å². The normalized spacial score (nSPS) is 18.7. The summed E-state index contributed by atoms with van der Waals surface area (Å²) in [5, 5.41) is 0. The lowest BCUT2D eigenvalue weighted by Gasteiger charge is -2.29. The predicted octanol–water partition coefficient (Wildman–Crippen LogP) is 4.24. The first kappa shape index (κ1) is 21.8. The topological polar surface area (TPSA) is 58.4 Å². The number of fused-ring (bicyclic) bond motifs is 1. The fraction of sp³-hybridized carbons (Fsp3) is 0.696. The molecular weight excluding hydrogens is 396 g/mol. The van der Waals surface area contributed by atoms with Crippen molar-refractivity contribution in [1.29, 1.82) is 0 Å². The predicted molar refractivity (Wildman–Crippen MR) is 121 cm³/mol. The van der Waals surface area contributed by atoms with Crippen molar-refractivity contribution in [2.45, 2.75) is 82.3 Å². The van der Waals surface area contributed by atoms with Gasteiger partial charge in [-0.2, -0.15) is 0 Å². The Balaban J connectivity index is 1.63. The molecule has 0 radical (unpaired) electrons. The SMILES string of the molecule is CCCn1c(CN(CC2CCCCC2)C2CC2)nc2cc(S(=O)(=O)N(C)C)ccc21. The second-order valence-electron chi connectivity index (χ2n) is 9.28. The van der Waals surface area contributed by atoms with Crippen LogP contribution in [0.4, 0.5) is 0 Å². The van der Waals surface area contributed by atoms with E-state index in [1.807, 2.05) is 6.07 Å². The molecule has 6 nitrogen and oxygen atoms in total. The highest BCUT2D eigenvalue weighted by molar-refractivity contribution is 7.89. The van der Waals surface area contributed by atoms with E-state index in [-0.39, 0.29) is 0 Å². The number of rotatable bonds is 9. The van der Waals surface area contributed by atoms with E-state index in [1.165, 1.54) is 55.8 Å². The molecule has 0 atom stereocenters. The molecule has 166 valence electrons. The first-order valence-corrected chi connectivity index (χ1v) is 13.0. The Bertz CT molecular complexity index is 972. The monoisotopic (exact) mass is 432 g/mol. The third-order valence-corrected chi connectivity index (χ3v) is 8.46. The Morgan fingerprint density at radius 2 is 1.83 bits per heavy atom. The van der Waals surface area contributed by atoms with Crippen LogP contribution in [0.2, 0.25) is 0 Å². The fourth-order valence-electron chi connectivity index (χ4n) is 4.79. The van der Waals surface area contributed by atoms with Crippen molar-refractivity contribution in [2.24, 2.45) is 5.92 Å².